The Balaban J connectivity index is 1.82. The maximum absolute atomic E-state index is 12.0. The summed E-state index contributed by atoms with van der Waals surface area (Å²) in [5.74, 6) is 0.454. The zero-order valence-corrected chi connectivity index (χ0v) is 16.4. The maximum Gasteiger partial charge on any atom is 0.344 e. The molecule has 0 spiro atoms. The number of nitrogens with zero attached hydrogens (tertiary/aromatic N) is 1. The summed E-state index contributed by atoms with van der Waals surface area (Å²) in [5.41, 5.74) is 3.15. The largest absolute Gasteiger partial charge is 0.497 e. The number of carbonyl (C=O) groups is 2. The Labute approximate surface area is 164 Å². The fraction of sp³-hybridized carbons (Fsp3) is 0.286. The second-order valence-electron chi connectivity index (χ2n) is 6.87. The molecule has 2 aromatic carbocycles. The van der Waals surface area contributed by atoms with Gasteiger partial charge in [-0.05, 0) is 74.9 Å². The highest BCUT2D eigenvalue weighted by Crippen LogP contribution is 2.13. The lowest BCUT2D eigenvalue weighted by Crippen LogP contribution is -2.27. The number of hydrogen-bond acceptors (Lipinski definition) is 6. The number of carbonyl (C=O) groups excluding carboxylic acids is 2. The van der Waals surface area contributed by atoms with Crippen molar-refractivity contribution in [1.29, 1.82) is 0 Å². The van der Waals surface area contributed by atoms with Gasteiger partial charge in [-0.25, -0.2) is 10.2 Å². The fourth-order valence-corrected chi connectivity index (χ4v) is 2.14. The number of nitrogens with one attached hydrogen (secondary N) is 1. The van der Waals surface area contributed by atoms with Crippen LogP contribution in [-0.4, -0.2) is 37.4 Å². The van der Waals surface area contributed by atoms with E-state index in [1.54, 1.807) is 76.4 Å². The van der Waals surface area contributed by atoms with Crippen LogP contribution in [0.5, 0.6) is 11.5 Å². The van der Waals surface area contributed by atoms with Crippen LogP contribution in [0, 0.1) is 0 Å². The summed E-state index contributed by atoms with van der Waals surface area (Å²) in [5, 5.41) is 3.93. The van der Waals surface area contributed by atoms with E-state index < -0.39 is 11.6 Å². The third-order valence-electron chi connectivity index (χ3n) is 3.39. The molecule has 0 radical (unpaired) electrons. The second-order valence-corrected chi connectivity index (χ2v) is 6.87. The van der Waals surface area contributed by atoms with Crippen LogP contribution in [0.25, 0.3) is 0 Å². The molecule has 2 rings (SSSR count). The number of amides is 1. The van der Waals surface area contributed by atoms with Gasteiger partial charge in [-0.15, -0.1) is 0 Å². The summed E-state index contributed by atoms with van der Waals surface area (Å²) in [4.78, 5) is 23.6. The Morgan fingerprint density at radius 2 is 1.61 bits per heavy atom. The molecule has 0 atom stereocenters. The zero-order chi connectivity index (χ0) is 20.6. The van der Waals surface area contributed by atoms with E-state index >= 15 is 0 Å². The van der Waals surface area contributed by atoms with Crippen molar-refractivity contribution in [3.8, 4) is 11.5 Å². The molecule has 0 saturated heterocycles. The molecule has 0 aromatic heterocycles. The van der Waals surface area contributed by atoms with E-state index in [1.807, 2.05) is 0 Å². The van der Waals surface area contributed by atoms with Crippen LogP contribution in [0.1, 0.15) is 36.7 Å². The Hall–Kier alpha value is -3.35. The molecular weight excluding hydrogens is 360 g/mol. The van der Waals surface area contributed by atoms with E-state index in [2.05, 4.69) is 10.5 Å². The number of hydrogen-bond donors (Lipinski definition) is 1. The number of methoxy groups -OCH3 is 1. The first-order chi connectivity index (χ1) is 13.3. The van der Waals surface area contributed by atoms with Crippen molar-refractivity contribution in [3.63, 3.8) is 0 Å². The molecule has 0 heterocycles. The van der Waals surface area contributed by atoms with Crippen molar-refractivity contribution in [3.05, 3.63) is 59.7 Å². The Bertz CT molecular complexity index is 821. The van der Waals surface area contributed by atoms with Gasteiger partial charge in [0.1, 0.15) is 17.1 Å². The molecule has 7 heteroatoms. The molecule has 0 unspecified atom stereocenters. The Morgan fingerprint density at radius 1 is 1.00 bits per heavy atom. The van der Waals surface area contributed by atoms with Crippen LogP contribution in [0.2, 0.25) is 0 Å². The molecule has 28 heavy (non-hydrogen) atoms. The van der Waals surface area contributed by atoms with E-state index in [1.165, 1.54) is 6.21 Å². The average molecular weight is 384 g/mol. The van der Waals surface area contributed by atoms with Gasteiger partial charge in [0.2, 0.25) is 0 Å². The van der Waals surface area contributed by atoms with Gasteiger partial charge < -0.3 is 14.2 Å². The maximum atomic E-state index is 12.0. The standard InChI is InChI=1S/C21H24N2O5/c1-21(2,3)28-19(24)14-27-18-9-5-15(6-10-18)13-22-23-20(25)16-7-11-17(26-4)12-8-16/h5-13H,14H2,1-4H3,(H,23,25)/b22-13+. The number of hydrazone groups is 1. The smallest absolute Gasteiger partial charge is 0.344 e. The minimum Gasteiger partial charge on any atom is -0.497 e. The highest BCUT2D eigenvalue weighted by molar-refractivity contribution is 5.95. The summed E-state index contributed by atoms with van der Waals surface area (Å²) in [6.45, 7) is 5.23. The van der Waals surface area contributed by atoms with Gasteiger partial charge >= 0.3 is 5.97 Å². The van der Waals surface area contributed by atoms with Gasteiger partial charge in [-0.1, -0.05) is 0 Å². The van der Waals surface area contributed by atoms with Crippen molar-refractivity contribution in [2.24, 2.45) is 5.10 Å². The first-order valence-corrected chi connectivity index (χ1v) is 8.69. The van der Waals surface area contributed by atoms with Gasteiger partial charge in [0.05, 0.1) is 13.3 Å². The molecule has 1 N–H and O–H groups in total. The summed E-state index contributed by atoms with van der Waals surface area (Å²) in [7, 11) is 1.56. The fourth-order valence-electron chi connectivity index (χ4n) is 2.14. The summed E-state index contributed by atoms with van der Waals surface area (Å²) in [6.07, 6.45) is 1.51. The van der Waals surface area contributed by atoms with Crippen molar-refractivity contribution in [2.45, 2.75) is 26.4 Å². The van der Waals surface area contributed by atoms with E-state index in [0.717, 1.165) is 5.56 Å². The molecule has 1 amide bonds. The molecular formula is C21H24N2O5. The van der Waals surface area contributed by atoms with Crippen LogP contribution < -0.4 is 14.9 Å². The van der Waals surface area contributed by atoms with Crippen molar-refractivity contribution >= 4 is 18.1 Å². The molecule has 2 aromatic rings. The average Bonchev–Trinajstić information content (AvgIpc) is 2.66. The molecule has 0 saturated carbocycles. The third-order valence-corrected chi connectivity index (χ3v) is 3.39. The van der Waals surface area contributed by atoms with E-state index in [9.17, 15) is 9.59 Å². The number of esters is 1. The number of benzene rings is 2. The van der Waals surface area contributed by atoms with Gasteiger partial charge in [-0.3, -0.25) is 4.79 Å². The van der Waals surface area contributed by atoms with Crippen LogP contribution in [0.15, 0.2) is 53.6 Å². The quantitative estimate of drug-likeness (QED) is 0.450. The zero-order valence-electron chi connectivity index (χ0n) is 16.4. The first kappa shape index (κ1) is 21.0. The monoisotopic (exact) mass is 384 g/mol. The highest BCUT2D eigenvalue weighted by atomic mass is 16.6. The summed E-state index contributed by atoms with van der Waals surface area (Å²) < 4.78 is 15.6. The lowest BCUT2D eigenvalue weighted by molar-refractivity contribution is -0.157. The topological polar surface area (TPSA) is 86.2 Å². The number of ether oxygens (including phenoxy) is 3. The first-order valence-electron chi connectivity index (χ1n) is 8.69. The van der Waals surface area contributed by atoms with Crippen molar-refractivity contribution in [2.75, 3.05) is 13.7 Å². The SMILES string of the molecule is COc1ccc(C(=O)N/N=C/c2ccc(OCC(=O)OC(C)(C)C)cc2)cc1. The van der Waals surface area contributed by atoms with Gasteiger partial charge in [0.15, 0.2) is 6.61 Å². The molecule has 0 aliphatic carbocycles. The second kappa shape index (κ2) is 9.55. The normalized spacial score (nSPS) is 11.1. The van der Waals surface area contributed by atoms with Crippen LogP contribution in [-0.2, 0) is 9.53 Å². The third kappa shape index (κ3) is 7.11. The van der Waals surface area contributed by atoms with Gasteiger partial charge in [-0.2, -0.15) is 5.10 Å². The van der Waals surface area contributed by atoms with Crippen LogP contribution >= 0.6 is 0 Å². The van der Waals surface area contributed by atoms with Gasteiger partial charge in [0.25, 0.3) is 5.91 Å². The summed E-state index contributed by atoms with van der Waals surface area (Å²) >= 11 is 0. The van der Waals surface area contributed by atoms with E-state index in [-0.39, 0.29) is 12.5 Å². The van der Waals surface area contributed by atoms with Gasteiger partial charge in [0, 0.05) is 5.56 Å². The predicted molar refractivity (Wildman–Crippen MR) is 106 cm³/mol. The minimum absolute atomic E-state index is 0.164. The van der Waals surface area contributed by atoms with Crippen LogP contribution in [0.3, 0.4) is 0 Å². The molecule has 0 aliphatic heterocycles. The van der Waals surface area contributed by atoms with Crippen LogP contribution in [0.4, 0.5) is 0 Å². The molecule has 148 valence electrons. The van der Waals surface area contributed by atoms with E-state index in [0.29, 0.717) is 17.1 Å². The minimum atomic E-state index is -0.545. The van der Waals surface area contributed by atoms with Crippen molar-refractivity contribution in [1.82, 2.24) is 5.43 Å². The van der Waals surface area contributed by atoms with Crippen molar-refractivity contribution < 1.29 is 23.8 Å². The Kier molecular flexibility index (Phi) is 7.14. The lowest BCUT2D eigenvalue weighted by atomic mass is 10.2. The summed E-state index contributed by atoms with van der Waals surface area (Å²) in [6, 6.07) is 13.6. The molecule has 7 nitrogen and oxygen atoms in total. The molecule has 0 aliphatic rings. The Morgan fingerprint density at radius 3 is 2.18 bits per heavy atom. The van der Waals surface area contributed by atoms with E-state index in [4.69, 9.17) is 14.2 Å². The molecule has 0 fully saturated rings. The molecule has 0 bridgehead atoms. The predicted octanol–water partition coefficient (Wildman–Crippen LogP) is 3.18. The number of rotatable bonds is 7. The lowest BCUT2D eigenvalue weighted by Gasteiger charge is -2.19. The highest BCUT2D eigenvalue weighted by Gasteiger charge is 2.16.